The first-order valence-electron chi connectivity index (χ1n) is 7.47. The molecule has 2 rings (SSSR count). The van der Waals surface area contributed by atoms with Gasteiger partial charge in [0.1, 0.15) is 5.75 Å². The summed E-state index contributed by atoms with van der Waals surface area (Å²) in [5.74, 6) is 1.60. The van der Waals surface area contributed by atoms with Gasteiger partial charge in [-0.25, -0.2) is 0 Å². The second-order valence-corrected chi connectivity index (χ2v) is 6.42. The number of nitrogens with zero attached hydrogens (tertiary/aromatic N) is 1. The first kappa shape index (κ1) is 15.6. The number of methoxy groups -OCH3 is 1. The van der Waals surface area contributed by atoms with E-state index in [1.54, 1.807) is 7.11 Å². The van der Waals surface area contributed by atoms with Crippen LogP contribution in [-0.4, -0.2) is 32.8 Å². The van der Waals surface area contributed by atoms with E-state index in [9.17, 15) is 0 Å². The van der Waals surface area contributed by atoms with Crippen LogP contribution in [0.1, 0.15) is 26.7 Å². The van der Waals surface area contributed by atoms with Crippen LogP contribution in [0.4, 0.5) is 5.69 Å². The highest BCUT2D eigenvalue weighted by atomic mass is 79.9. The van der Waals surface area contributed by atoms with Crippen LogP contribution >= 0.6 is 15.9 Å². The Morgan fingerprint density at radius 2 is 2.30 bits per heavy atom. The lowest BCUT2D eigenvalue weighted by Crippen LogP contribution is -2.42. The Morgan fingerprint density at radius 1 is 1.50 bits per heavy atom. The third-order valence-corrected chi connectivity index (χ3v) is 4.91. The van der Waals surface area contributed by atoms with Gasteiger partial charge in [0, 0.05) is 30.9 Å². The average molecular weight is 341 g/mol. The zero-order valence-corrected chi connectivity index (χ0v) is 14.2. The van der Waals surface area contributed by atoms with Crippen LogP contribution < -0.4 is 15.0 Å². The minimum atomic E-state index is 0.567. The van der Waals surface area contributed by atoms with Gasteiger partial charge in [-0.2, -0.15) is 0 Å². The molecule has 112 valence electrons. The van der Waals surface area contributed by atoms with Crippen molar-refractivity contribution < 1.29 is 4.74 Å². The lowest BCUT2D eigenvalue weighted by molar-refractivity contribution is 0.383. The molecule has 0 aromatic heterocycles. The molecule has 2 atom stereocenters. The molecule has 1 aromatic carbocycles. The van der Waals surface area contributed by atoms with E-state index in [4.69, 9.17) is 4.74 Å². The topological polar surface area (TPSA) is 24.5 Å². The van der Waals surface area contributed by atoms with Gasteiger partial charge in [-0.15, -0.1) is 0 Å². The number of halogens is 1. The predicted molar refractivity (Wildman–Crippen MR) is 88.8 cm³/mol. The van der Waals surface area contributed by atoms with Crippen LogP contribution in [-0.2, 0) is 0 Å². The summed E-state index contributed by atoms with van der Waals surface area (Å²) < 4.78 is 6.42. The molecule has 1 fully saturated rings. The van der Waals surface area contributed by atoms with Crippen LogP contribution in [0.2, 0.25) is 0 Å². The zero-order chi connectivity index (χ0) is 14.5. The molecule has 0 radical (unpaired) electrons. The summed E-state index contributed by atoms with van der Waals surface area (Å²) in [4.78, 5) is 2.48. The van der Waals surface area contributed by atoms with E-state index in [2.05, 4.69) is 58.2 Å². The maximum Gasteiger partial charge on any atom is 0.135 e. The Morgan fingerprint density at radius 3 is 3.00 bits per heavy atom. The molecule has 2 unspecified atom stereocenters. The van der Waals surface area contributed by atoms with Crippen molar-refractivity contribution in [2.24, 2.45) is 5.92 Å². The molecule has 4 heteroatoms. The van der Waals surface area contributed by atoms with Crippen molar-refractivity contribution in [3.63, 3.8) is 0 Å². The highest BCUT2D eigenvalue weighted by molar-refractivity contribution is 9.10. The molecule has 0 saturated carbocycles. The Balaban J connectivity index is 2.17. The third kappa shape index (κ3) is 3.67. The van der Waals surface area contributed by atoms with Crippen molar-refractivity contribution in [1.82, 2.24) is 5.32 Å². The zero-order valence-electron chi connectivity index (χ0n) is 12.7. The van der Waals surface area contributed by atoms with Crippen LogP contribution in [0.3, 0.4) is 0 Å². The molecule has 3 nitrogen and oxygen atoms in total. The van der Waals surface area contributed by atoms with Crippen molar-refractivity contribution >= 4 is 21.6 Å². The largest absolute Gasteiger partial charge is 0.495 e. The van der Waals surface area contributed by atoms with E-state index in [0.717, 1.165) is 29.9 Å². The Labute approximate surface area is 130 Å². The third-order valence-electron chi connectivity index (χ3n) is 4.26. The molecule has 0 amide bonds. The molecule has 0 spiro atoms. The number of benzene rings is 1. The Hall–Kier alpha value is -0.740. The molecular weight excluding hydrogens is 316 g/mol. The van der Waals surface area contributed by atoms with Gasteiger partial charge >= 0.3 is 0 Å². The first-order valence-corrected chi connectivity index (χ1v) is 8.26. The summed E-state index contributed by atoms with van der Waals surface area (Å²) in [6.45, 7) is 7.89. The monoisotopic (exact) mass is 340 g/mol. The molecule has 1 heterocycles. The standard InChI is InChI=1S/C16H25BrN2O/c1-4-12(2)15-11-19(9-5-8-18-15)13-6-7-14(17)16(10-13)20-3/h6-7,10,12,15,18H,4-5,8-9,11H2,1-3H3. The minimum Gasteiger partial charge on any atom is -0.495 e. The lowest BCUT2D eigenvalue weighted by Gasteiger charge is -2.29. The smallest absolute Gasteiger partial charge is 0.135 e. The van der Waals surface area contributed by atoms with E-state index >= 15 is 0 Å². The predicted octanol–water partition coefficient (Wildman–Crippen LogP) is 3.67. The summed E-state index contributed by atoms with van der Waals surface area (Å²) in [7, 11) is 1.72. The summed E-state index contributed by atoms with van der Waals surface area (Å²) >= 11 is 3.52. The maximum atomic E-state index is 5.41. The second kappa shape index (κ2) is 7.32. The normalized spacial score (nSPS) is 21.4. The van der Waals surface area contributed by atoms with E-state index in [1.165, 1.54) is 18.5 Å². The number of ether oxygens (including phenoxy) is 1. The van der Waals surface area contributed by atoms with Gasteiger partial charge in [-0.1, -0.05) is 20.3 Å². The summed E-state index contributed by atoms with van der Waals surface area (Å²) in [5.41, 5.74) is 1.25. The Kier molecular flexibility index (Phi) is 5.73. The van der Waals surface area contributed by atoms with E-state index < -0.39 is 0 Å². The van der Waals surface area contributed by atoms with Gasteiger partial charge in [-0.05, 0) is 46.9 Å². The number of rotatable bonds is 4. The SMILES string of the molecule is CCC(C)C1CN(c2ccc(Br)c(OC)c2)CCCN1. The first-order chi connectivity index (χ1) is 9.65. The van der Waals surface area contributed by atoms with Crippen molar-refractivity contribution in [2.45, 2.75) is 32.7 Å². The molecule has 20 heavy (non-hydrogen) atoms. The van der Waals surface area contributed by atoms with Gasteiger partial charge in [0.05, 0.1) is 11.6 Å². The average Bonchev–Trinajstić information content (AvgIpc) is 2.73. The van der Waals surface area contributed by atoms with Crippen LogP contribution in [0.15, 0.2) is 22.7 Å². The molecule has 1 N–H and O–H groups in total. The molecule has 1 aromatic rings. The van der Waals surface area contributed by atoms with Gasteiger partial charge < -0.3 is 15.0 Å². The van der Waals surface area contributed by atoms with Crippen LogP contribution in [0, 0.1) is 5.92 Å². The van der Waals surface area contributed by atoms with Gasteiger partial charge in [0.25, 0.3) is 0 Å². The second-order valence-electron chi connectivity index (χ2n) is 5.56. The fraction of sp³-hybridized carbons (Fsp3) is 0.625. The fourth-order valence-electron chi connectivity index (χ4n) is 2.70. The number of nitrogens with one attached hydrogen (secondary N) is 1. The van der Waals surface area contributed by atoms with Crippen LogP contribution in [0.5, 0.6) is 5.75 Å². The molecule has 0 aliphatic carbocycles. The summed E-state index contributed by atoms with van der Waals surface area (Å²) in [5, 5.41) is 3.69. The van der Waals surface area contributed by atoms with Crippen molar-refractivity contribution in [1.29, 1.82) is 0 Å². The molecule has 1 aliphatic heterocycles. The molecule has 1 aliphatic rings. The molecule has 1 saturated heterocycles. The number of anilines is 1. The van der Waals surface area contributed by atoms with E-state index in [-0.39, 0.29) is 0 Å². The number of hydrogen-bond acceptors (Lipinski definition) is 3. The minimum absolute atomic E-state index is 0.567. The number of hydrogen-bond donors (Lipinski definition) is 1. The lowest BCUT2D eigenvalue weighted by atomic mass is 9.99. The summed E-state index contributed by atoms with van der Waals surface area (Å²) in [6, 6.07) is 6.94. The van der Waals surface area contributed by atoms with Gasteiger partial charge in [0.2, 0.25) is 0 Å². The van der Waals surface area contributed by atoms with E-state index in [0.29, 0.717) is 12.0 Å². The van der Waals surface area contributed by atoms with Gasteiger partial charge in [0.15, 0.2) is 0 Å². The molecular formula is C16H25BrN2O. The molecule has 0 bridgehead atoms. The van der Waals surface area contributed by atoms with E-state index in [1.807, 2.05) is 0 Å². The highest BCUT2D eigenvalue weighted by Crippen LogP contribution is 2.30. The Bertz CT molecular complexity index is 438. The summed E-state index contributed by atoms with van der Waals surface area (Å²) in [6.07, 6.45) is 2.40. The van der Waals surface area contributed by atoms with Crippen molar-refractivity contribution in [3.05, 3.63) is 22.7 Å². The van der Waals surface area contributed by atoms with Crippen molar-refractivity contribution in [2.75, 3.05) is 31.6 Å². The maximum absolute atomic E-state index is 5.41. The quantitative estimate of drug-likeness (QED) is 0.904. The van der Waals surface area contributed by atoms with Crippen LogP contribution in [0.25, 0.3) is 0 Å². The van der Waals surface area contributed by atoms with Gasteiger partial charge in [-0.3, -0.25) is 0 Å². The fourth-order valence-corrected chi connectivity index (χ4v) is 3.10. The highest BCUT2D eigenvalue weighted by Gasteiger charge is 2.22. The van der Waals surface area contributed by atoms with Crippen molar-refractivity contribution in [3.8, 4) is 5.75 Å².